The lowest BCUT2D eigenvalue weighted by Crippen LogP contribution is -2.52. The average molecular weight is 318 g/mol. The number of nitrogens with one attached hydrogen (secondary N) is 1. The summed E-state index contributed by atoms with van der Waals surface area (Å²) in [7, 11) is 0. The lowest BCUT2D eigenvalue weighted by Gasteiger charge is -2.37. The number of hydrogen-bond acceptors (Lipinski definition) is 3. The molecule has 1 aliphatic heterocycles. The Morgan fingerprint density at radius 3 is 2.43 bits per heavy atom. The number of piperidine rings is 1. The molecule has 0 aliphatic carbocycles. The normalized spacial score (nSPS) is 21.7. The van der Waals surface area contributed by atoms with E-state index in [1.54, 1.807) is 0 Å². The van der Waals surface area contributed by atoms with Gasteiger partial charge in [0.25, 0.3) is 5.91 Å². The van der Waals surface area contributed by atoms with Crippen LogP contribution in [0.15, 0.2) is 30.3 Å². The average Bonchev–Trinajstić information content (AvgIpc) is 2.44. The van der Waals surface area contributed by atoms with Gasteiger partial charge in [-0.25, -0.2) is 4.79 Å². The van der Waals surface area contributed by atoms with Crippen molar-refractivity contribution >= 4 is 12.0 Å². The molecule has 23 heavy (non-hydrogen) atoms. The first kappa shape index (κ1) is 17.3. The molecule has 5 heteroatoms. The Bertz CT molecular complexity index is 551. The Morgan fingerprint density at radius 1 is 1.17 bits per heavy atom. The minimum atomic E-state index is -0.524. The Kier molecular flexibility index (Phi) is 5.29. The highest BCUT2D eigenvalue weighted by Crippen LogP contribution is 2.19. The summed E-state index contributed by atoms with van der Waals surface area (Å²) in [5, 5.41) is 2.89. The molecule has 1 aromatic rings. The standard InChI is InChI=1S/C18H26N2O3/c1-13-10-15(19-17(22)23-18(2,3)4)12-20(11-13)16(21)14-8-6-5-7-9-14/h5-9,13,15H,10-12H2,1-4H3,(H,19,22). The summed E-state index contributed by atoms with van der Waals surface area (Å²) in [5.41, 5.74) is 0.154. The molecule has 1 heterocycles. The van der Waals surface area contributed by atoms with Gasteiger partial charge in [0.15, 0.2) is 0 Å². The molecule has 5 nitrogen and oxygen atoms in total. The minimum Gasteiger partial charge on any atom is -0.444 e. The van der Waals surface area contributed by atoms with Gasteiger partial charge in [0.1, 0.15) is 5.60 Å². The predicted octanol–water partition coefficient (Wildman–Crippen LogP) is 3.06. The van der Waals surface area contributed by atoms with E-state index in [-0.39, 0.29) is 11.9 Å². The van der Waals surface area contributed by atoms with Gasteiger partial charge < -0.3 is 15.0 Å². The fraction of sp³-hybridized carbons (Fsp3) is 0.556. The molecule has 1 aliphatic rings. The third-order valence-corrected chi connectivity index (χ3v) is 3.69. The number of likely N-dealkylation sites (tertiary alicyclic amines) is 1. The second-order valence-electron chi connectivity index (χ2n) is 7.26. The number of carbonyl (C=O) groups is 2. The van der Waals surface area contributed by atoms with Crippen molar-refractivity contribution in [3.63, 3.8) is 0 Å². The molecule has 126 valence electrons. The molecule has 2 atom stereocenters. The van der Waals surface area contributed by atoms with Crippen LogP contribution >= 0.6 is 0 Å². The van der Waals surface area contributed by atoms with E-state index in [0.29, 0.717) is 24.6 Å². The first-order valence-electron chi connectivity index (χ1n) is 8.08. The summed E-state index contributed by atoms with van der Waals surface area (Å²) in [6, 6.07) is 9.16. The maximum absolute atomic E-state index is 12.6. The fourth-order valence-electron chi connectivity index (χ4n) is 2.86. The van der Waals surface area contributed by atoms with Crippen molar-refractivity contribution in [3.05, 3.63) is 35.9 Å². The van der Waals surface area contributed by atoms with E-state index in [0.717, 1.165) is 6.42 Å². The molecule has 1 aromatic carbocycles. The molecule has 0 spiro atoms. The number of carbonyl (C=O) groups excluding carboxylic acids is 2. The summed E-state index contributed by atoms with van der Waals surface area (Å²) in [4.78, 5) is 26.3. The highest BCUT2D eigenvalue weighted by Gasteiger charge is 2.30. The highest BCUT2D eigenvalue weighted by atomic mass is 16.6. The molecule has 0 radical (unpaired) electrons. The first-order chi connectivity index (χ1) is 10.7. The molecular formula is C18H26N2O3. The molecule has 1 saturated heterocycles. The van der Waals surface area contributed by atoms with Gasteiger partial charge in [0, 0.05) is 18.7 Å². The Hall–Kier alpha value is -2.04. The van der Waals surface area contributed by atoms with Crippen molar-refractivity contribution in [1.29, 1.82) is 0 Å². The van der Waals surface area contributed by atoms with Gasteiger partial charge in [-0.05, 0) is 45.2 Å². The van der Waals surface area contributed by atoms with E-state index in [1.807, 2.05) is 56.0 Å². The third-order valence-electron chi connectivity index (χ3n) is 3.69. The summed E-state index contributed by atoms with van der Waals surface area (Å²) < 4.78 is 5.30. The van der Waals surface area contributed by atoms with Crippen LogP contribution in [0.25, 0.3) is 0 Å². The SMILES string of the molecule is CC1CC(NC(=O)OC(C)(C)C)CN(C(=O)c2ccccc2)C1. The predicted molar refractivity (Wildman–Crippen MR) is 89.3 cm³/mol. The number of alkyl carbamates (subject to hydrolysis) is 1. The van der Waals surface area contributed by atoms with Gasteiger partial charge in [-0.3, -0.25) is 4.79 Å². The minimum absolute atomic E-state index is 0.00754. The van der Waals surface area contributed by atoms with Crippen molar-refractivity contribution in [3.8, 4) is 0 Å². The summed E-state index contributed by atoms with van der Waals surface area (Å²) in [6.45, 7) is 8.82. The molecule has 2 rings (SSSR count). The Balaban J connectivity index is 1.99. The van der Waals surface area contributed by atoms with Gasteiger partial charge in [0.05, 0.1) is 6.04 Å². The van der Waals surface area contributed by atoms with Crippen LogP contribution in [0.2, 0.25) is 0 Å². The Morgan fingerprint density at radius 2 is 1.83 bits per heavy atom. The molecule has 0 aromatic heterocycles. The molecule has 2 unspecified atom stereocenters. The molecular weight excluding hydrogens is 292 g/mol. The quantitative estimate of drug-likeness (QED) is 0.911. The van der Waals surface area contributed by atoms with Crippen molar-refractivity contribution in [2.75, 3.05) is 13.1 Å². The number of ether oxygens (including phenoxy) is 1. The van der Waals surface area contributed by atoms with Crippen molar-refractivity contribution in [2.24, 2.45) is 5.92 Å². The van der Waals surface area contributed by atoms with Crippen LogP contribution in [-0.4, -0.2) is 41.6 Å². The van der Waals surface area contributed by atoms with E-state index in [2.05, 4.69) is 12.2 Å². The summed E-state index contributed by atoms with van der Waals surface area (Å²) >= 11 is 0. The molecule has 1 fully saturated rings. The molecule has 0 bridgehead atoms. The van der Waals surface area contributed by atoms with Crippen LogP contribution < -0.4 is 5.32 Å². The van der Waals surface area contributed by atoms with Gasteiger partial charge >= 0.3 is 6.09 Å². The van der Waals surface area contributed by atoms with E-state index < -0.39 is 11.7 Å². The van der Waals surface area contributed by atoms with Crippen molar-refractivity contribution < 1.29 is 14.3 Å². The monoisotopic (exact) mass is 318 g/mol. The summed E-state index contributed by atoms with van der Waals surface area (Å²) in [6.07, 6.45) is 0.418. The maximum Gasteiger partial charge on any atom is 0.407 e. The fourth-order valence-corrected chi connectivity index (χ4v) is 2.86. The number of benzene rings is 1. The molecule has 2 amide bonds. The van der Waals surface area contributed by atoms with Crippen LogP contribution in [0.3, 0.4) is 0 Å². The molecule has 0 saturated carbocycles. The van der Waals surface area contributed by atoms with Crippen LogP contribution in [0.5, 0.6) is 0 Å². The number of amides is 2. The highest BCUT2D eigenvalue weighted by molar-refractivity contribution is 5.94. The van der Waals surface area contributed by atoms with Crippen LogP contribution in [0.1, 0.15) is 44.5 Å². The van der Waals surface area contributed by atoms with Crippen molar-refractivity contribution in [1.82, 2.24) is 10.2 Å². The van der Waals surface area contributed by atoms with E-state index in [9.17, 15) is 9.59 Å². The zero-order chi connectivity index (χ0) is 17.0. The topological polar surface area (TPSA) is 58.6 Å². The number of hydrogen-bond donors (Lipinski definition) is 1. The van der Waals surface area contributed by atoms with Crippen LogP contribution in [0, 0.1) is 5.92 Å². The van der Waals surface area contributed by atoms with E-state index >= 15 is 0 Å². The van der Waals surface area contributed by atoms with Gasteiger partial charge in [-0.1, -0.05) is 25.1 Å². The van der Waals surface area contributed by atoms with Crippen LogP contribution in [0.4, 0.5) is 4.79 Å². The third kappa shape index (κ3) is 5.27. The second kappa shape index (κ2) is 7.02. The first-order valence-corrected chi connectivity index (χ1v) is 8.08. The number of rotatable bonds is 2. The lowest BCUT2D eigenvalue weighted by atomic mass is 9.95. The van der Waals surface area contributed by atoms with Gasteiger partial charge in [-0.15, -0.1) is 0 Å². The second-order valence-corrected chi connectivity index (χ2v) is 7.26. The number of nitrogens with zero attached hydrogens (tertiary/aromatic N) is 1. The van der Waals surface area contributed by atoms with Crippen molar-refractivity contribution in [2.45, 2.75) is 45.8 Å². The maximum atomic E-state index is 12.6. The van der Waals surface area contributed by atoms with Crippen LogP contribution in [-0.2, 0) is 4.74 Å². The molecule has 1 N–H and O–H groups in total. The van der Waals surface area contributed by atoms with Gasteiger partial charge in [0.2, 0.25) is 0 Å². The zero-order valence-corrected chi connectivity index (χ0v) is 14.3. The zero-order valence-electron chi connectivity index (χ0n) is 14.3. The van der Waals surface area contributed by atoms with E-state index in [4.69, 9.17) is 4.74 Å². The summed E-state index contributed by atoms with van der Waals surface area (Å²) in [5.74, 6) is 0.337. The smallest absolute Gasteiger partial charge is 0.407 e. The van der Waals surface area contributed by atoms with Gasteiger partial charge in [-0.2, -0.15) is 0 Å². The Labute approximate surface area is 138 Å². The lowest BCUT2D eigenvalue weighted by molar-refractivity contribution is 0.0425. The largest absolute Gasteiger partial charge is 0.444 e. The van der Waals surface area contributed by atoms with E-state index in [1.165, 1.54) is 0 Å².